The fourth-order valence-corrected chi connectivity index (χ4v) is 1.92. The quantitative estimate of drug-likeness (QED) is 0.330. The van der Waals surface area contributed by atoms with Crippen molar-refractivity contribution in [3.05, 3.63) is 33.3 Å². The minimum absolute atomic E-state index is 0.306. The molecular formula is C5H4GeNO2. The van der Waals surface area contributed by atoms with Crippen LogP contribution < -0.4 is 0 Å². The average molecular weight is 183 g/mol. The summed E-state index contributed by atoms with van der Waals surface area (Å²) in [4.78, 5) is 11.7. The Bertz CT molecular complexity index is 217. The van der Waals surface area contributed by atoms with Crippen LogP contribution in [0.5, 0.6) is 0 Å². The van der Waals surface area contributed by atoms with Crippen LogP contribution in [0.15, 0.2) is 23.1 Å². The molecule has 0 aromatic rings. The average Bonchev–Trinajstić information content (AvgIpc) is 1.90. The molecule has 3 nitrogen and oxygen atoms in total. The monoisotopic (exact) mass is 184 g/mol. The first-order valence-electron chi connectivity index (χ1n) is 2.42. The van der Waals surface area contributed by atoms with Crippen molar-refractivity contribution in [1.82, 2.24) is 0 Å². The molecule has 0 spiro atoms. The summed E-state index contributed by atoms with van der Waals surface area (Å²) < 4.78 is 0.387. The van der Waals surface area contributed by atoms with Gasteiger partial charge in [-0.05, 0) is 0 Å². The van der Waals surface area contributed by atoms with Gasteiger partial charge < -0.3 is 0 Å². The zero-order valence-electron chi connectivity index (χ0n) is 4.57. The van der Waals surface area contributed by atoms with Gasteiger partial charge in [-0.25, -0.2) is 0 Å². The number of allylic oxidation sites excluding steroid dienone is 2. The third-order valence-corrected chi connectivity index (χ3v) is 3.00. The summed E-state index contributed by atoms with van der Waals surface area (Å²) in [6.45, 7) is 0. The van der Waals surface area contributed by atoms with Crippen LogP contribution in [-0.2, 0) is 0 Å². The maximum absolute atomic E-state index is 10.1. The van der Waals surface area contributed by atoms with Gasteiger partial charge in [0.05, 0.1) is 0 Å². The molecule has 0 saturated carbocycles. The molecule has 4 heteroatoms. The normalized spacial score (nSPS) is 15.3. The van der Waals surface area contributed by atoms with Gasteiger partial charge in [0.25, 0.3) is 0 Å². The van der Waals surface area contributed by atoms with E-state index in [0.29, 0.717) is 4.47 Å². The Labute approximate surface area is 58.2 Å². The van der Waals surface area contributed by atoms with Gasteiger partial charge in [-0.1, -0.05) is 0 Å². The molecule has 1 radical (unpaired) electrons. The number of nitrogens with zero attached hydrogens (tertiary/aromatic N) is 1. The summed E-state index contributed by atoms with van der Waals surface area (Å²) in [5.41, 5.74) is 0. The second kappa shape index (κ2) is 2.73. The third kappa shape index (κ3) is 1.60. The van der Waals surface area contributed by atoms with E-state index < -0.39 is 15.0 Å². The van der Waals surface area contributed by atoms with Gasteiger partial charge in [-0.15, -0.1) is 0 Å². The van der Waals surface area contributed by atoms with Crippen LogP contribution in [0.4, 0.5) is 0 Å². The predicted octanol–water partition coefficient (Wildman–Crippen LogP) is 0.181. The zero-order chi connectivity index (χ0) is 6.69. The van der Waals surface area contributed by atoms with Gasteiger partial charge in [0.2, 0.25) is 0 Å². The van der Waals surface area contributed by atoms with Crippen molar-refractivity contribution in [2.24, 2.45) is 0 Å². The number of hydrogen-bond donors (Lipinski definition) is 0. The first kappa shape index (κ1) is 6.41. The van der Waals surface area contributed by atoms with Crippen molar-refractivity contribution < 1.29 is 4.92 Å². The summed E-state index contributed by atoms with van der Waals surface area (Å²) in [5, 5.41) is 10.1. The molecule has 0 aromatic heterocycles. The van der Waals surface area contributed by atoms with E-state index in [1.807, 2.05) is 11.0 Å². The van der Waals surface area contributed by atoms with Gasteiger partial charge in [-0.2, -0.15) is 0 Å². The summed E-state index contributed by atoms with van der Waals surface area (Å²) in [5.74, 6) is 0. The van der Waals surface area contributed by atoms with Crippen molar-refractivity contribution in [2.75, 3.05) is 0 Å². The fourth-order valence-electron chi connectivity index (χ4n) is 0.497. The van der Waals surface area contributed by atoms with E-state index in [1.165, 1.54) is 0 Å². The molecule has 1 aliphatic rings. The molecule has 0 aromatic carbocycles. The molecule has 0 aliphatic carbocycles. The molecule has 9 heavy (non-hydrogen) atoms. The molecule has 1 rings (SSSR count). The number of hydrogen-bond acceptors (Lipinski definition) is 2. The van der Waals surface area contributed by atoms with Crippen LogP contribution in [0.1, 0.15) is 0 Å². The van der Waals surface area contributed by atoms with Gasteiger partial charge >= 0.3 is 57.6 Å². The third-order valence-electron chi connectivity index (χ3n) is 0.889. The van der Waals surface area contributed by atoms with Gasteiger partial charge in [0.15, 0.2) is 0 Å². The Hall–Kier alpha value is -0.707. The summed E-state index contributed by atoms with van der Waals surface area (Å²) >= 11 is -0.563. The van der Waals surface area contributed by atoms with E-state index in [4.69, 9.17) is 0 Å². The maximum atomic E-state index is 10.1. The molecule has 0 fully saturated rings. The second-order valence-electron chi connectivity index (χ2n) is 1.50. The van der Waals surface area contributed by atoms with Crippen LogP contribution in [0.3, 0.4) is 0 Å². The predicted molar refractivity (Wildman–Crippen MR) is 36.0 cm³/mol. The molecular weight excluding hydrogens is 179 g/mol. The van der Waals surface area contributed by atoms with Gasteiger partial charge in [0, 0.05) is 0 Å². The summed E-state index contributed by atoms with van der Waals surface area (Å²) in [7, 11) is 0. The first-order chi connectivity index (χ1) is 4.30. The van der Waals surface area contributed by atoms with E-state index in [-0.39, 0.29) is 4.92 Å². The zero-order valence-corrected chi connectivity index (χ0v) is 6.67. The van der Waals surface area contributed by atoms with E-state index >= 15 is 0 Å². The molecule has 0 saturated heterocycles. The van der Waals surface area contributed by atoms with Gasteiger partial charge in [0.1, 0.15) is 0 Å². The van der Waals surface area contributed by atoms with Crippen molar-refractivity contribution in [3.63, 3.8) is 0 Å². The SMILES string of the molecule is O=[N+]([O-])[C]1=[Ge][CH]=CC=C1. The van der Waals surface area contributed by atoms with Crippen LogP contribution in [0.25, 0.3) is 0 Å². The van der Waals surface area contributed by atoms with Crippen LogP contribution in [0, 0.1) is 10.1 Å². The second-order valence-corrected chi connectivity index (χ2v) is 3.88. The van der Waals surface area contributed by atoms with Crippen molar-refractivity contribution in [2.45, 2.75) is 0 Å². The molecule has 0 amide bonds. The summed E-state index contributed by atoms with van der Waals surface area (Å²) in [6, 6.07) is 0. The number of nitro groups is 1. The van der Waals surface area contributed by atoms with E-state index in [2.05, 4.69) is 0 Å². The topological polar surface area (TPSA) is 43.1 Å². The van der Waals surface area contributed by atoms with Crippen LogP contribution >= 0.6 is 0 Å². The Morgan fingerprint density at radius 2 is 2.33 bits per heavy atom. The van der Waals surface area contributed by atoms with E-state index in [9.17, 15) is 10.1 Å². The van der Waals surface area contributed by atoms with E-state index in [1.54, 1.807) is 12.2 Å². The van der Waals surface area contributed by atoms with Crippen molar-refractivity contribution in [3.8, 4) is 0 Å². The van der Waals surface area contributed by atoms with Gasteiger partial charge in [-0.3, -0.25) is 0 Å². The Balaban J connectivity index is 2.84. The molecule has 1 heterocycles. The minimum atomic E-state index is -0.563. The fraction of sp³-hybridized carbons (Fsp3) is 0. The first-order valence-corrected chi connectivity index (χ1v) is 4.68. The number of rotatable bonds is 1. The van der Waals surface area contributed by atoms with Crippen LogP contribution in [0.2, 0.25) is 0 Å². The van der Waals surface area contributed by atoms with E-state index in [0.717, 1.165) is 0 Å². The molecule has 0 unspecified atom stereocenters. The standard InChI is InChI=1S/C5H4GeNO2/c8-7(9)5-3-1-2-4-6-5/h1-4H. The summed E-state index contributed by atoms with van der Waals surface area (Å²) in [6.07, 6.45) is 5.12. The molecule has 45 valence electrons. The Kier molecular flexibility index (Phi) is 1.94. The Morgan fingerprint density at radius 1 is 1.56 bits per heavy atom. The van der Waals surface area contributed by atoms with Crippen molar-refractivity contribution in [1.29, 1.82) is 0 Å². The molecule has 0 bridgehead atoms. The molecule has 1 aliphatic heterocycles. The molecule has 0 atom stereocenters. The Morgan fingerprint density at radius 3 is 2.67 bits per heavy atom. The van der Waals surface area contributed by atoms with Crippen LogP contribution in [-0.4, -0.2) is 24.4 Å². The van der Waals surface area contributed by atoms with Crippen molar-refractivity contribution >= 4 is 19.5 Å². The molecule has 0 N–H and O–H groups in total.